The first-order valence-electron chi connectivity index (χ1n) is 9.25. The molecule has 0 bridgehead atoms. The van der Waals surface area contributed by atoms with Gasteiger partial charge in [-0.2, -0.15) is 15.5 Å². The van der Waals surface area contributed by atoms with Crippen molar-refractivity contribution in [3.8, 4) is 6.07 Å². The zero-order valence-corrected chi connectivity index (χ0v) is 18.3. The number of aromatic nitrogens is 4. The van der Waals surface area contributed by atoms with Crippen LogP contribution in [-0.4, -0.2) is 26.2 Å². The van der Waals surface area contributed by atoms with E-state index in [1.54, 1.807) is 6.92 Å². The Morgan fingerprint density at radius 1 is 0.929 bits per heavy atom. The number of azo groups is 1. The van der Waals surface area contributed by atoms with Gasteiger partial charge in [-0.05, 0) is 6.92 Å². The van der Waals surface area contributed by atoms with E-state index in [0.29, 0.717) is 28.6 Å². The molecule has 0 aliphatic heterocycles. The molecule has 0 aliphatic rings. The molecule has 0 fully saturated rings. The molecule has 0 spiro atoms. The van der Waals surface area contributed by atoms with Gasteiger partial charge in [-0.25, -0.2) is 4.99 Å². The maximum Gasteiger partial charge on any atom is 0.213 e. The predicted molar refractivity (Wildman–Crippen MR) is 112 cm³/mol. The van der Waals surface area contributed by atoms with Crippen LogP contribution in [0, 0.1) is 11.3 Å². The van der Waals surface area contributed by atoms with Gasteiger partial charge >= 0.3 is 0 Å². The van der Waals surface area contributed by atoms with Gasteiger partial charge in [-0.1, -0.05) is 55.4 Å². The Bertz CT molecular complexity index is 889. The number of nitrogens with two attached hydrogens (primary N) is 1. The molecule has 0 saturated heterocycles. The van der Waals surface area contributed by atoms with Crippen LogP contribution in [0.15, 0.2) is 15.2 Å². The fourth-order valence-corrected chi connectivity index (χ4v) is 2.34. The van der Waals surface area contributed by atoms with E-state index in [1.165, 1.54) is 0 Å². The molecule has 0 aliphatic carbocycles. The summed E-state index contributed by atoms with van der Waals surface area (Å²) in [6, 6.07) is 2.15. The summed E-state index contributed by atoms with van der Waals surface area (Å²) in [5.74, 6) is 0.947. The number of amidine groups is 1. The molecule has 0 radical (unpaired) electrons. The summed E-state index contributed by atoms with van der Waals surface area (Å²) in [4.78, 5) is 4.20. The Morgan fingerprint density at radius 2 is 1.43 bits per heavy atom. The van der Waals surface area contributed by atoms with Crippen molar-refractivity contribution in [1.82, 2.24) is 20.4 Å². The molecule has 4 N–H and O–H groups in total. The Labute approximate surface area is 166 Å². The maximum absolute atomic E-state index is 9.50. The molecule has 0 atom stereocenters. The van der Waals surface area contributed by atoms with Crippen LogP contribution in [0.1, 0.15) is 79.3 Å². The maximum atomic E-state index is 9.50. The summed E-state index contributed by atoms with van der Waals surface area (Å²) in [7, 11) is 0. The summed E-state index contributed by atoms with van der Waals surface area (Å²) in [6.07, 6.45) is 0. The highest BCUT2D eigenvalue weighted by Gasteiger charge is 2.26. The van der Waals surface area contributed by atoms with Gasteiger partial charge in [-0.15, -0.1) is 10.2 Å². The van der Waals surface area contributed by atoms with E-state index in [4.69, 9.17) is 5.73 Å². The molecule has 2 aromatic heterocycles. The van der Waals surface area contributed by atoms with Gasteiger partial charge < -0.3 is 5.73 Å². The third-order valence-electron chi connectivity index (χ3n) is 3.61. The standard InChI is InChI=1S/C17H25N9.C2H6/c1-9(19)20-15-11(13(23-26-15)17(5,6)7)21-24-14-10(8-18)12(22-25-14)16(2,3)4;1-2/h1-7H3,(H,22,25)(H3,19,20,23,26);1-2H3. The molecule has 0 unspecified atom stereocenters. The number of nitrogens with one attached hydrogen (secondary N) is 2. The van der Waals surface area contributed by atoms with Crippen molar-refractivity contribution in [3.63, 3.8) is 0 Å². The topological polar surface area (TPSA) is 144 Å². The van der Waals surface area contributed by atoms with Crippen molar-refractivity contribution >= 4 is 23.2 Å². The molecule has 0 amide bonds. The number of aromatic amines is 2. The van der Waals surface area contributed by atoms with E-state index in [2.05, 4.69) is 41.7 Å². The Kier molecular flexibility index (Phi) is 7.22. The van der Waals surface area contributed by atoms with Crippen molar-refractivity contribution < 1.29 is 0 Å². The second-order valence-electron chi connectivity index (χ2n) is 8.13. The number of rotatable bonds is 3. The molecule has 28 heavy (non-hydrogen) atoms. The monoisotopic (exact) mass is 385 g/mol. The molecular formula is C19H31N9. The van der Waals surface area contributed by atoms with Crippen molar-refractivity contribution in [2.75, 3.05) is 0 Å². The van der Waals surface area contributed by atoms with Crippen LogP contribution in [0.4, 0.5) is 17.3 Å². The molecular weight excluding hydrogens is 354 g/mol. The van der Waals surface area contributed by atoms with Crippen molar-refractivity contribution in [2.24, 2.45) is 21.0 Å². The quantitative estimate of drug-likeness (QED) is 0.385. The largest absolute Gasteiger partial charge is 0.387 e. The molecule has 152 valence electrons. The van der Waals surface area contributed by atoms with Gasteiger partial charge in [0.2, 0.25) is 11.6 Å². The van der Waals surface area contributed by atoms with Crippen molar-refractivity contribution in [2.45, 2.75) is 73.1 Å². The van der Waals surface area contributed by atoms with Gasteiger partial charge in [0.15, 0.2) is 5.69 Å². The number of H-pyrrole nitrogens is 2. The van der Waals surface area contributed by atoms with Gasteiger partial charge in [0.25, 0.3) is 0 Å². The van der Waals surface area contributed by atoms with E-state index in [-0.39, 0.29) is 16.6 Å². The van der Waals surface area contributed by atoms with E-state index in [1.807, 2.05) is 55.4 Å². The van der Waals surface area contributed by atoms with E-state index in [0.717, 1.165) is 5.69 Å². The summed E-state index contributed by atoms with van der Waals surface area (Å²) in [5, 5.41) is 32.1. The summed E-state index contributed by atoms with van der Waals surface area (Å²) in [6.45, 7) is 17.7. The molecule has 2 heterocycles. The minimum atomic E-state index is -0.260. The van der Waals surface area contributed by atoms with Crippen LogP contribution in [0.5, 0.6) is 0 Å². The third kappa shape index (κ3) is 5.25. The second-order valence-corrected chi connectivity index (χ2v) is 8.13. The van der Waals surface area contributed by atoms with Crippen LogP contribution in [0.25, 0.3) is 0 Å². The number of nitrogens with zero attached hydrogens (tertiary/aromatic N) is 6. The fourth-order valence-electron chi connectivity index (χ4n) is 2.34. The Morgan fingerprint density at radius 3 is 1.89 bits per heavy atom. The van der Waals surface area contributed by atoms with Crippen LogP contribution in [0.3, 0.4) is 0 Å². The number of nitriles is 1. The van der Waals surface area contributed by atoms with E-state index < -0.39 is 0 Å². The van der Waals surface area contributed by atoms with Crippen LogP contribution in [0.2, 0.25) is 0 Å². The van der Waals surface area contributed by atoms with E-state index in [9.17, 15) is 5.26 Å². The average molecular weight is 386 g/mol. The number of aliphatic imine (C=N–C) groups is 1. The lowest BCUT2D eigenvalue weighted by molar-refractivity contribution is 0.565. The normalized spacial score (nSPS) is 12.6. The lowest BCUT2D eigenvalue weighted by atomic mass is 9.90. The van der Waals surface area contributed by atoms with Gasteiger partial charge in [0.05, 0.1) is 17.2 Å². The van der Waals surface area contributed by atoms with E-state index >= 15 is 0 Å². The molecule has 2 rings (SSSR count). The van der Waals surface area contributed by atoms with Crippen molar-refractivity contribution in [3.05, 3.63) is 17.0 Å². The first-order valence-corrected chi connectivity index (χ1v) is 9.25. The number of hydrogen-bond acceptors (Lipinski definition) is 6. The van der Waals surface area contributed by atoms with Gasteiger partial charge in [-0.3, -0.25) is 10.2 Å². The highest BCUT2D eigenvalue weighted by Crippen LogP contribution is 2.38. The van der Waals surface area contributed by atoms with Crippen LogP contribution >= 0.6 is 0 Å². The van der Waals surface area contributed by atoms with Crippen LogP contribution < -0.4 is 5.73 Å². The second kappa shape index (κ2) is 8.78. The molecule has 0 aromatic carbocycles. The minimum Gasteiger partial charge on any atom is -0.387 e. The highest BCUT2D eigenvalue weighted by atomic mass is 15.3. The lowest BCUT2D eigenvalue weighted by Crippen LogP contribution is -2.13. The Hall–Kier alpha value is -3.02. The molecule has 2 aromatic rings. The summed E-state index contributed by atoms with van der Waals surface area (Å²) >= 11 is 0. The first-order chi connectivity index (χ1) is 12.9. The van der Waals surface area contributed by atoms with Gasteiger partial charge in [0, 0.05) is 10.8 Å². The highest BCUT2D eigenvalue weighted by molar-refractivity contribution is 5.82. The van der Waals surface area contributed by atoms with Crippen molar-refractivity contribution in [1.29, 1.82) is 5.26 Å². The fraction of sp³-hybridized carbons (Fsp3) is 0.579. The molecule has 9 nitrogen and oxygen atoms in total. The van der Waals surface area contributed by atoms with Gasteiger partial charge in [0.1, 0.15) is 11.6 Å². The predicted octanol–water partition coefficient (Wildman–Crippen LogP) is 5.05. The molecule has 0 saturated carbocycles. The van der Waals surface area contributed by atoms with Crippen LogP contribution in [-0.2, 0) is 10.8 Å². The Balaban J connectivity index is 0.00000190. The summed E-state index contributed by atoms with van der Waals surface area (Å²) in [5.41, 5.74) is 7.51. The SMILES string of the molecule is CC.CC(N)=Nc1n[nH]c(C(C)(C)C)c1N=Nc1n[nH]c(C(C)(C)C)c1C#N. The molecule has 9 heteroatoms. The lowest BCUT2D eigenvalue weighted by Gasteiger charge is -2.16. The number of hydrogen-bond donors (Lipinski definition) is 3. The third-order valence-corrected chi connectivity index (χ3v) is 3.61. The average Bonchev–Trinajstić information content (AvgIpc) is 3.17. The minimum absolute atomic E-state index is 0.234. The summed E-state index contributed by atoms with van der Waals surface area (Å²) < 4.78 is 0. The zero-order chi connectivity index (χ0) is 21.7. The smallest absolute Gasteiger partial charge is 0.213 e. The first kappa shape index (κ1) is 23.0. The zero-order valence-electron chi connectivity index (χ0n) is 18.3.